The molecule has 1 heterocycles. The molecule has 0 bridgehead atoms. The predicted molar refractivity (Wildman–Crippen MR) is 139 cm³/mol. The molecule has 0 spiro atoms. The van der Waals surface area contributed by atoms with Gasteiger partial charge in [0.2, 0.25) is 5.91 Å². The number of thioether (sulfide) groups is 1. The van der Waals surface area contributed by atoms with Gasteiger partial charge in [-0.05, 0) is 48.6 Å². The fourth-order valence-electron chi connectivity index (χ4n) is 3.43. The zero-order chi connectivity index (χ0) is 25.4. The Bertz CT molecular complexity index is 1140. The number of rotatable bonds is 11. The second-order valence-corrected chi connectivity index (χ2v) is 9.45. The largest absolute Gasteiger partial charge is 0.481 e. The zero-order valence-electron chi connectivity index (χ0n) is 20.9. The van der Waals surface area contributed by atoms with Gasteiger partial charge in [-0.3, -0.25) is 9.59 Å². The van der Waals surface area contributed by atoms with E-state index >= 15 is 0 Å². The van der Waals surface area contributed by atoms with E-state index in [9.17, 15) is 9.59 Å². The molecule has 0 radical (unpaired) electrons. The first-order valence-electron chi connectivity index (χ1n) is 11.7. The maximum atomic E-state index is 12.5. The number of hydrogen-bond acceptors (Lipinski definition) is 6. The van der Waals surface area contributed by atoms with Crippen molar-refractivity contribution in [1.82, 2.24) is 20.1 Å². The van der Waals surface area contributed by atoms with Crippen molar-refractivity contribution in [2.45, 2.75) is 57.8 Å². The van der Waals surface area contributed by atoms with Crippen molar-refractivity contribution in [3.63, 3.8) is 0 Å². The summed E-state index contributed by atoms with van der Waals surface area (Å²) in [5.41, 5.74) is 3.13. The van der Waals surface area contributed by atoms with Crippen LogP contribution in [0.25, 0.3) is 0 Å². The smallest absolute Gasteiger partial charge is 0.261 e. The molecule has 0 fully saturated rings. The highest BCUT2D eigenvalue weighted by atomic mass is 32.2. The van der Waals surface area contributed by atoms with Crippen LogP contribution in [0.4, 0.5) is 5.69 Å². The fourth-order valence-corrected chi connectivity index (χ4v) is 4.16. The van der Waals surface area contributed by atoms with Crippen LogP contribution < -0.4 is 15.4 Å². The quantitative estimate of drug-likeness (QED) is 0.385. The minimum Gasteiger partial charge on any atom is -0.481 e. The van der Waals surface area contributed by atoms with E-state index in [1.54, 1.807) is 11.5 Å². The van der Waals surface area contributed by atoms with Crippen molar-refractivity contribution < 1.29 is 14.3 Å². The Labute approximate surface area is 210 Å². The van der Waals surface area contributed by atoms with E-state index in [-0.39, 0.29) is 24.1 Å². The van der Waals surface area contributed by atoms with Crippen LogP contribution in [0, 0.1) is 0 Å². The lowest BCUT2D eigenvalue weighted by molar-refractivity contribution is -0.127. The van der Waals surface area contributed by atoms with Gasteiger partial charge in [-0.25, -0.2) is 0 Å². The molecule has 1 atom stereocenters. The van der Waals surface area contributed by atoms with Crippen LogP contribution in [-0.4, -0.2) is 38.4 Å². The number of amides is 2. The van der Waals surface area contributed by atoms with Crippen molar-refractivity contribution in [2.24, 2.45) is 7.05 Å². The zero-order valence-corrected chi connectivity index (χ0v) is 21.7. The van der Waals surface area contributed by atoms with Gasteiger partial charge in [-0.1, -0.05) is 62.9 Å². The summed E-state index contributed by atoms with van der Waals surface area (Å²) in [5, 5.41) is 14.7. The Hall–Kier alpha value is -3.33. The molecule has 0 saturated heterocycles. The number of benzene rings is 2. The Balaban J connectivity index is 1.48. The summed E-state index contributed by atoms with van der Waals surface area (Å²) in [7, 11) is 1.81. The molecule has 8 nitrogen and oxygen atoms in total. The molecule has 9 heteroatoms. The van der Waals surface area contributed by atoms with Crippen LogP contribution in [0.3, 0.4) is 0 Å². The van der Waals surface area contributed by atoms with Crippen molar-refractivity contribution >= 4 is 29.3 Å². The third-order valence-corrected chi connectivity index (χ3v) is 6.57. The maximum absolute atomic E-state index is 12.5. The minimum absolute atomic E-state index is 0.112. The summed E-state index contributed by atoms with van der Waals surface area (Å²) in [4.78, 5) is 25.0. The van der Waals surface area contributed by atoms with Crippen LogP contribution in [0.5, 0.6) is 5.75 Å². The number of aromatic nitrogens is 3. The Morgan fingerprint density at radius 1 is 1.06 bits per heavy atom. The van der Waals surface area contributed by atoms with E-state index in [0.717, 1.165) is 17.7 Å². The first-order chi connectivity index (χ1) is 16.8. The van der Waals surface area contributed by atoms with E-state index in [2.05, 4.69) is 41.6 Å². The van der Waals surface area contributed by atoms with Gasteiger partial charge in [0.05, 0.1) is 12.3 Å². The molecule has 0 aliphatic rings. The van der Waals surface area contributed by atoms with Crippen molar-refractivity contribution in [2.75, 3.05) is 11.1 Å². The molecule has 3 rings (SSSR count). The van der Waals surface area contributed by atoms with E-state index < -0.39 is 6.10 Å². The van der Waals surface area contributed by atoms with E-state index in [0.29, 0.717) is 22.6 Å². The third-order valence-electron chi connectivity index (χ3n) is 5.55. The Morgan fingerprint density at radius 2 is 1.77 bits per heavy atom. The molecular formula is C26H33N5O3S. The van der Waals surface area contributed by atoms with Crippen molar-refractivity contribution in [3.8, 4) is 5.75 Å². The molecule has 0 saturated carbocycles. The number of para-hydroxylation sites is 1. The highest BCUT2D eigenvalue weighted by molar-refractivity contribution is 7.99. The average molecular weight is 496 g/mol. The fraction of sp³-hybridized carbons (Fsp3) is 0.385. The molecule has 35 heavy (non-hydrogen) atoms. The number of nitrogens with one attached hydrogen (secondary N) is 2. The SMILES string of the molecule is CCc1ccc(O[C@H](C)C(=O)NCc2nnc(SCC(=O)Nc3ccccc3C(C)C)n2C)cc1. The minimum atomic E-state index is -0.651. The lowest BCUT2D eigenvalue weighted by atomic mass is 10.0. The van der Waals surface area contributed by atoms with Gasteiger partial charge in [-0.15, -0.1) is 10.2 Å². The topological polar surface area (TPSA) is 98.1 Å². The number of carbonyl (C=O) groups excluding carboxylic acids is 2. The number of ether oxygens (including phenoxy) is 1. The monoisotopic (exact) mass is 495 g/mol. The van der Waals surface area contributed by atoms with Crippen LogP contribution >= 0.6 is 11.8 Å². The molecule has 1 aromatic heterocycles. The van der Waals surface area contributed by atoms with Crippen molar-refractivity contribution in [1.29, 1.82) is 0 Å². The molecule has 186 valence electrons. The second-order valence-electron chi connectivity index (χ2n) is 8.51. The lowest BCUT2D eigenvalue weighted by Crippen LogP contribution is -2.36. The van der Waals surface area contributed by atoms with Gasteiger partial charge >= 0.3 is 0 Å². The van der Waals surface area contributed by atoms with Crippen LogP contribution in [0.15, 0.2) is 53.7 Å². The summed E-state index contributed by atoms with van der Waals surface area (Å²) in [6.45, 7) is 8.19. The molecule has 0 aliphatic heterocycles. The first-order valence-corrected chi connectivity index (χ1v) is 12.7. The standard InChI is InChI=1S/C26H33N5O3S/c1-6-19-11-13-20(14-12-19)34-18(4)25(33)27-15-23-29-30-26(31(23)5)35-16-24(32)28-22-10-8-7-9-21(22)17(2)3/h7-14,17-18H,6,15-16H2,1-5H3,(H,27,33)(H,28,32)/t18-/m1/s1. The molecular weight excluding hydrogens is 462 g/mol. The van der Waals surface area contributed by atoms with Crippen LogP contribution in [-0.2, 0) is 29.6 Å². The summed E-state index contributed by atoms with van der Waals surface area (Å²) in [6.07, 6.45) is 0.299. The molecule has 3 aromatic rings. The number of hydrogen-bond donors (Lipinski definition) is 2. The van der Waals surface area contributed by atoms with Crippen molar-refractivity contribution in [3.05, 3.63) is 65.5 Å². The Morgan fingerprint density at radius 3 is 2.46 bits per heavy atom. The number of nitrogens with zero attached hydrogens (tertiary/aromatic N) is 3. The molecule has 2 aromatic carbocycles. The van der Waals surface area contributed by atoms with Gasteiger partial charge < -0.3 is 19.9 Å². The highest BCUT2D eigenvalue weighted by Gasteiger charge is 2.17. The van der Waals surface area contributed by atoms with Gasteiger partial charge in [0, 0.05) is 12.7 Å². The third kappa shape index (κ3) is 7.32. The summed E-state index contributed by atoms with van der Waals surface area (Å²) in [5.74, 6) is 1.39. The first kappa shape index (κ1) is 26.3. The van der Waals surface area contributed by atoms with Gasteiger partial charge in [0.1, 0.15) is 5.75 Å². The predicted octanol–water partition coefficient (Wildman–Crippen LogP) is 4.32. The van der Waals surface area contributed by atoms with E-state index in [1.165, 1.54) is 17.3 Å². The molecule has 2 amide bonds. The molecule has 2 N–H and O–H groups in total. The maximum Gasteiger partial charge on any atom is 0.261 e. The van der Waals surface area contributed by atoms with Crippen LogP contribution in [0.2, 0.25) is 0 Å². The van der Waals surface area contributed by atoms with Gasteiger partial charge in [0.15, 0.2) is 17.1 Å². The Kier molecular flexibility index (Phi) is 9.31. The molecule has 0 aliphatic carbocycles. The average Bonchev–Trinajstić information content (AvgIpc) is 3.20. The van der Waals surface area contributed by atoms with Crippen LogP contribution in [0.1, 0.15) is 50.6 Å². The highest BCUT2D eigenvalue weighted by Crippen LogP contribution is 2.24. The van der Waals surface area contributed by atoms with Gasteiger partial charge in [-0.2, -0.15) is 0 Å². The second kappa shape index (κ2) is 12.4. The summed E-state index contributed by atoms with van der Waals surface area (Å²) >= 11 is 1.29. The lowest BCUT2D eigenvalue weighted by Gasteiger charge is -2.15. The normalized spacial score (nSPS) is 11.8. The number of carbonyl (C=O) groups is 2. The van der Waals surface area contributed by atoms with E-state index in [1.807, 2.05) is 55.6 Å². The van der Waals surface area contributed by atoms with E-state index in [4.69, 9.17) is 4.74 Å². The number of aryl methyl sites for hydroxylation is 1. The summed E-state index contributed by atoms with van der Waals surface area (Å²) < 4.78 is 7.51. The summed E-state index contributed by atoms with van der Waals surface area (Å²) in [6, 6.07) is 15.5. The number of anilines is 1. The molecule has 0 unspecified atom stereocenters. The van der Waals surface area contributed by atoms with Gasteiger partial charge in [0.25, 0.3) is 5.91 Å².